The standard InChI is InChI=1S/C28H30BrN7O2/c1-35(2)12-11-30-27(37)25-23(22-5-3-4-6-24(22)29)17-19-18-31-28(34-26(19)33-25)32-20-7-9-21(10-8-20)36-13-15-38-16-14-36/h3-10,17-18H,11-16H2,1-2H3,(H,30,37)(H,31,32,33,34). The van der Waals surface area contributed by atoms with Gasteiger partial charge in [-0.2, -0.15) is 4.98 Å². The first-order valence-electron chi connectivity index (χ1n) is 12.5. The largest absolute Gasteiger partial charge is 0.378 e. The van der Waals surface area contributed by atoms with Crippen LogP contribution in [0.3, 0.4) is 0 Å². The van der Waals surface area contributed by atoms with Crippen LogP contribution in [-0.2, 0) is 4.74 Å². The van der Waals surface area contributed by atoms with Crippen LogP contribution in [0.2, 0.25) is 0 Å². The number of nitrogens with one attached hydrogen (secondary N) is 2. The summed E-state index contributed by atoms with van der Waals surface area (Å²) in [6, 6.07) is 17.9. The van der Waals surface area contributed by atoms with Crippen molar-refractivity contribution in [3.05, 3.63) is 71.0 Å². The molecule has 2 aromatic heterocycles. The Labute approximate surface area is 230 Å². The van der Waals surface area contributed by atoms with Crippen LogP contribution in [0.25, 0.3) is 22.2 Å². The van der Waals surface area contributed by atoms with Gasteiger partial charge in [0.2, 0.25) is 5.95 Å². The predicted octanol–water partition coefficient (Wildman–Crippen LogP) is 4.33. The number of likely N-dealkylation sites (N-methyl/N-ethyl adjacent to an activating group) is 1. The average Bonchev–Trinajstić information content (AvgIpc) is 2.93. The molecule has 1 saturated heterocycles. The average molecular weight is 576 g/mol. The van der Waals surface area contributed by atoms with E-state index in [-0.39, 0.29) is 5.91 Å². The lowest BCUT2D eigenvalue weighted by atomic mass is 10.0. The maximum Gasteiger partial charge on any atom is 0.270 e. The first kappa shape index (κ1) is 26.0. The number of aromatic nitrogens is 3. The molecule has 4 aromatic rings. The minimum absolute atomic E-state index is 0.244. The summed E-state index contributed by atoms with van der Waals surface area (Å²) < 4.78 is 6.32. The van der Waals surface area contributed by atoms with Gasteiger partial charge < -0.3 is 25.2 Å². The minimum Gasteiger partial charge on any atom is -0.378 e. The van der Waals surface area contributed by atoms with Gasteiger partial charge in [0.25, 0.3) is 5.91 Å². The second-order valence-corrected chi connectivity index (χ2v) is 10.2. The second kappa shape index (κ2) is 11.8. The number of carbonyl (C=O) groups is 1. The van der Waals surface area contributed by atoms with Gasteiger partial charge >= 0.3 is 0 Å². The maximum absolute atomic E-state index is 13.2. The van der Waals surface area contributed by atoms with E-state index in [9.17, 15) is 4.79 Å². The SMILES string of the molecule is CN(C)CCNC(=O)c1nc2nc(Nc3ccc(N4CCOCC4)cc3)ncc2cc1-c1ccccc1Br. The van der Waals surface area contributed by atoms with Gasteiger partial charge in [-0.1, -0.05) is 34.1 Å². The van der Waals surface area contributed by atoms with Crippen LogP contribution in [0.15, 0.2) is 65.3 Å². The second-order valence-electron chi connectivity index (χ2n) is 9.30. The summed E-state index contributed by atoms with van der Waals surface area (Å²) in [6.07, 6.45) is 1.73. The number of carbonyl (C=O) groups excluding carboxylic acids is 1. The topological polar surface area (TPSA) is 95.5 Å². The third-order valence-electron chi connectivity index (χ3n) is 6.29. The Bertz CT molecular complexity index is 1420. The Hall–Kier alpha value is -3.60. The molecule has 0 bridgehead atoms. The summed E-state index contributed by atoms with van der Waals surface area (Å²) in [5.74, 6) is 0.169. The van der Waals surface area contributed by atoms with E-state index in [1.54, 1.807) is 6.20 Å². The Kier molecular flexibility index (Phi) is 8.11. The van der Waals surface area contributed by atoms with Gasteiger partial charge in [-0.15, -0.1) is 0 Å². The van der Waals surface area contributed by atoms with Crippen molar-refractivity contribution in [1.82, 2.24) is 25.2 Å². The number of hydrogen-bond acceptors (Lipinski definition) is 8. The molecular formula is C28H30BrN7O2. The highest BCUT2D eigenvalue weighted by Gasteiger charge is 2.19. The zero-order valence-electron chi connectivity index (χ0n) is 21.4. The maximum atomic E-state index is 13.2. The quantitative estimate of drug-likeness (QED) is 0.320. The molecule has 0 radical (unpaired) electrons. The van der Waals surface area contributed by atoms with E-state index in [0.717, 1.165) is 65.2 Å². The molecule has 196 valence electrons. The van der Waals surface area contributed by atoms with E-state index >= 15 is 0 Å². The van der Waals surface area contributed by atoms with Gasteiger partial charge in [-0.3, -0.25) is 4.79 Å². The molecular weight excluding hydrogens is 546 g/mol. The van der Waals surface area contributed by atoms with E-state index < -0.39 is 0 Å². The van der Waals surface area contributed by atoms with Crippen LogP contribution >= 0.6 is 15.9 Å². The number of benzene rings is 2. The van der Waals surface area contributed by atoms with Gasteiger partial charge in [-0.25, -0.2) is 9.97 Å². The first-order chi connectivity index (χ1) is 18.5. The lowest BCUT2D eigenvalue weighted by Gasteiger charge is -2.28. The Morgan fingerprint density at radius 2 is 1.82 bits per heavy atom. The highest BCUT2D eigenvalue weighted by Crippen LogP contribution is 2.32. The molecule has 38 heavy (non-hydrogen) atoms. The molecule has 3 heterocycles. The predicted molar refractivity (Wildman–Crippen MR) is 154 cm³/mol. The number of fused-ring (bicyclic) bond motifs is 1. The number of ether oxygens (including phenoxy) is 1. The molecule has 2 aromatic carbocycles. The zero-order valence-corrected chi connectivity index (χ0v) is 23.0. The summed E-state index contributed by atoms with van der Waals surface area (Å²) in [5, 5.41) is 6.98. The van der Waals surface area contributed by atoms with E-state index in [1.165, 1.54) is 0 Å². The Balaban J connectivity index is 1.43. The van der Waals surface area contributed by atoms with Gasteiger partial charge in [0.15, 0.2) is 5.65 Å². The van der Waals surface area contributed by atoms with Crippen molar-refractivity contribution in [2.75, 3.05) is 63.7 Å². The van der Waals surface area contributed by atoms with E-state index in [0.29, 0.717) is 23.8 Å². The molecule has 9 nitrogen and oxygen atoms in total. The third kappa shape index (κ3) is 6.09. The molecule has 0 spiro atoms. The summed E-state index contributed by atoms with van der Waals surface area (Å²) >= 11 is 3.61. The van der Waals surface area contributed by atoms with Crippen LogP contribution in [0.1, 0.15) is 10.5 Å². The summed E-state index contributed by atoms with van der Waals surface area (Å²) in [6.45, 7) is 4.51. The van der Waals surface area contributed by atoms with Crippen molar-refractivity contribution in [3.8, 4) is 11.1 Å². The number of rotatable bonds is 8. The highest BCUT2D eigenvalue weighted by atomic mass is 79.9. The van der Waals surface area contributed by atoms with Crippen LogP contribution in [0, 0.1) is 0 Å². The highest BCUT2D eigenvalue weighted by molar-refractivity contribution is 9.10. The van der Waals surface area contributed by atoms with Crippen LogP contribution in [0.5, 0.6) is 0 Å². The zero-order chi connectivity index (χ0) is 26.5. The van der Waals surface area contributed by atoms with Crippen molar-refractivity contribution >= 4 is 50.2 Å². The molecule has 5 rings (SSSR count). The molecule has 0 atom stereocenters. The van der Waals surface area contributed by atoms with Crippen molar-refractivity contribution in [1.29, 1.82) is 0 Å². The minimum atomic E-state index is -0.244. The van der Waals surface area contributed by atoms with E-state index in [2.05, 4.69) is 53.6 Å². The monoisotopic (exact) mass is 575 g/mol. The van der Waals surface area contributed by atoms with Crippen LogP contribution in [0.4, 0.5) is 17.3 Å². The molecule has 0 saturated carbocycles. The summed E-state index contributed by atoms with van der Waals surface area (Å²) in [4.78, 5) is 31.4. The van der Waals surface area contributed by atoms with E-state index in [4.69, 9.17) is 9.72 Å². The van der Waals surface area contributed by atoms with Crippen LogP contribution < -0.4 is 15.5 Å². The number of anilines is 3. The molecule has 10 heteroatoms. The molecule has 1 aliphatic heterocycles. The van der Waals surface area contributed by atoms with Crippen LogP contribution in [-0.4, -0.2) is 79.2 Å². The number of hydrogen-bond donors (Lipinski definition) is 2. The smallest absolute Gasteiger partial charge is 0.270 e. The van der Waals surface area contributed by atoms with Crippen molar-refractivity contribution < 1.29 is 9.53 Å². The first-order valence-corrected chi connectivity index (χ1v) is 13.3. The molecule has 0 unspecified atom stereocenters. The number of amides is 1. The normalized spacial score (nSPS) is 13.6. The molecule has 2 N–H and O–H groups in total. The fourth-order valence-corrected chi connectivity index (χ4v) is 4.76. The lowest BCUT2D eigenvalue weighted by Crippen LogP contribution is -2.36. The number of nitrogens with zero attached hydrogens (tertiary/aromatic N) is 5. The fraction of sp³-hybridized carbons (Fsp3) is 0.286. The molecule has 1 aliphatic rings. The Morgan fingerprint density at radius 3 is 2.55 bits per heavy atom. The van der Waals surface area contributed by atoms with Crippen molar-refractivity contribution in [2.45, 2.75) is 0 Å². The number of halogens is 1. The third-order valence-corrected chi connectivity index (χ3v) is 6.98. The van der Waals surface area contributed by atoms with Gasteiger partial charge in [0.1, 0.15) is 5.69 Å². The summed E-state index contributed by atoms with van der Waals surface area (Å²) in [7, 11) is 3.93. The van der Waals surface area contributed by atoms with Crippen molar-refractivity contribution in [2.24, 2.45) is 0 Å². The molecule has 0 aliphatic carbocycles. The molecule has 1 amide bonds. The number of morpholine rings is 1. The Morgan fingerprint density at radius 1 is 1.05 bits per heavy atom. The van der Waals surface area contributed by atoms with E-state index in [1.807, 2.05) is 61.5 Å². The van der Waals surface area contributed by atoms with Crippen molar-refractivity contribution in [3.63, 3.8) is 0 Å². The summed E-state index contributed by atoms with van der Waals surface area (Å²) in [5.41, 5.74) is 4.39. The fourth-order valence-electron chi connectivity index (χ4n) is 4.26. The molecule has 1 fully saturated rings. The van der Waals surface area contributed by atoms with Gasteiger partial charge in [-0.05, 0) is 56.1 Å². The van der Waals surface area contributed by atoms with Gasteiger partial charge in [0, 0.05) is 59.2 Å². The number of pyridine rings is 1. The van der Waals surface area contributed by atoms with Gasteiger partial charge in [0.05, 0.1) is 13.2 Å². The lowest BCUT2D eigenvalue weighted by molar-refractivity contribution is 0.0947.